The smallest absolute Gasteiger partial charge is 0.244 e. The van der Waals surface area contributed by atoms with E-state index in [2.05, 4.69) is 26.1 Å². The van der Waals surface area contributed by atoms with Crippen LogP contribution < -0.4 is 5.32 Å². The first-order chi connectivity index (χ1) is 11.4. The number of aromatic hydroxyl groups is 1. The number of amides is 1. The van der Waals surface area contributed by atoms with Crippen molar-refractivity contribution in [1.82, 2.24) is 9.55 Å². The van der Waals surface area contributed by atoms with Gasteiger partial charge in [0.05, 0.1) is 16.7 Å². The third kappa shape index (κ3) is 3.11. The Morgan fingerprint density at radius 1 is 1.12 bits per heavy atom. The second-order valence-electron chi connectivity index (χ2n) is 6.83. The molecule has 0 saturated carbocycles. The average Bonchev–Trinajstić information content (AvgIpc) is 2.89. The maximum atomic E-state index is 12.5. The first-order valence-electron chi connectivity index (χ1n) is 7.90. The van der Waals surface area contributed by atoms with Crippen molar-refractivity contribution in [3.05, 3.63) is 54.4 Å². The summed E-state index contributed by atoms with van der Waals surface area (Å²) < 4.78 is 1.94. The van der Waals surface area contributed by atoms with E-state index in [1.165, 1.54) is 0 Å². The monoisotopic (exact) mass is 323 g/mol. The zero-order chi connectivity index (χ0) is 17.3. The average molecular weight is 323 g/mol. The predicted molar refractivity (Wildman–Crippen MR) is 95.2 cm³/mol. The van der Waals surface area contributed by atoms with E-state index in [4.69, 9.17) is 4.98 Å². The summed E-state index contributed by atoms with van der Waals surface area (Å²) in [6, 6.07) is 14.5. The largest absolute Gasteiger partial charge is 0.506 e. The molecule has 0 aliphatic heterocycles. The summed E-state index contributed by atoms with van der Waals surface area (Å²) in [6.07, 6.45) is 0. The number of phenols is 1. The van der Waals surface area contributed by atoms with Gasteiger partial charge in [0.25, 0.3) is 0 Å². The number of rotatable bonds is 3. The zero-order valence-electron chi connectivity index (χ0n) is 14.1. The number of hydrogen-bond acceptors (Lipinski definition) is 3. The summed E-state index contributed by atoms with van der Waals surface area (Å²) >= 11 is 0. The fraction of sp³-hybridized carbons (Fsp3) is 0.263. The number of hydrogen-bond donors (Lipinski definition) is 2. The van der Waals surface area contributed by atoms with Crippen molar-refractivity contribution in [2.75, 3.05) is 5.32 Å². The molecule has 3 rings (SSSR count). The van der Waals surface area contributed by atoms with Crippen LogP contribution in [0.5, 0.6) is 5.75 Å². The fourth-order valence-corrected chi connectivity index (χ4v) is 2.72. The van der Waals surface area contributed by atoms with E-state index in [0.29, 0.717) is 5.69 Å². The van der Waals surface area contributed by atoms with Crippen LogP contribution in [-0.4, -0.2) is 20.6 Å². The molecule has 124 valence electrons. The van der Waals surface area contributed by atoms with Crippen molar-refractivity contribution >= 4 is 22.6 Å². The normalized spacial score (nSPS) is 11.6. The number of para-hydroxylation sites is 4. The standard InChI is InChI=1S/C19H21N3O2/c1-19(2,3)18-21-13-8-4-6-10-15(13)22(18)12-17(24)20-14-9-5-7-11-16(14)23/h4-11,23H,12H2,1-3H3,(H,20,24). The number of benzene rings is 2. The molecule has 1 heterocycles. The summed E-state index contributed by atoms with van der Waals surface area (Å²) in [5.74, 6) is 0.707. The van der Waals surface area contributed by atoms with Gasteiger partial charge in [-0.2, -0.15) is 0 Å². The van der Waals surface area contributed by atoms with Gasteiger partial charge < -0.3 is 15.0 Å². The Morgan fingerprint density at radius 3 is 2.50 bits per heavy atom. The molecule has 5 heteroatoms. The van der Waals surface area contributed by atoms with Gasteiger partial charge in [-0.05, 0) is 24.3 Å². The quantitative estimate of drug-likeness (QED) is 0.723. The summed E-state index contributed by atoms with van der Waals surface area (Å²) in [7, 11) is 0. The molecule has 0 aliphatic rings. The highest BCUT2D eigenvalue weighted by atomic mass is 16.3. The van der Waals surface area contributed by atoms with Gasteiger partial charge in [0.15, 0.2) is 0 Å². The number of nitrogens with zero attached hydrogens (tertiary/aromatic N) is 2. The van der Waals surface area contributed by atoms with Gasteiger partial charge in [-0.1, -0.05) is 45.0 Å². The predicted octanol–water partition coefficient (Wildman–Crippen LogP) is 3.68. The summed E-state index contributed by atoms with van der Waals surface area (Å²) in [5, 5.41) is 12.6. The number of phenolic OH excluding ortho intramolecular Hbond substituents is 1. The second kappa shape index (κ2) is 6.00. The maximum absolute atomic E-state index is 12.5. The summed E-state index contributed by atoms with van der Waals surface area (Å²) in [4.78, 5) is 17.2. The molecule has 0 fully saturated rings. The van der Waals surface area contributed by atoms with Gasteiger partial charge in [0.1, 0.15) is 18.1 Å². The first-order valence-corrected chi connectivity index (χ1v) is 7.90. The molecule has 3 aromatic rings. The highest BCUT2D eigenvalue weighted by Crippen LogP contribution is 2.27. The fourth-order valence-electron chi connectivity index (χ4n) is 2.72. The molecule has 0 unspecified atom stereocenters. The van der Waals surface area contributed by atoms with Crippen molar-refractivity contribution < 1.29 is 9.90 Å². The lowest BCUT2D eigenvalue weighted by Crippen LogP contribution is -2.25. The zero-order valence-corrected chi connectivity index (χ0v) is 14.1. The lowest BCUT2D eigenvalue weighted by Gasteiger charge is -2.20. The van der Waals surface area contributed by atoms with Crippen molar-refractivity contribution in [2.45, 2.75) is 32.7 Å². The molecule has 24 heavy (non-hydrogen) atoms. The molecular formula is C19H21N3O2. The molecule has 1 amide bonds. The third-order valence-electron chi connectivity index (χ3n) is 3.81. The Balaban J connectivity index is 1.94. The number of carbonyl (C=O) groups excluding carboxylic acids is 1. The van der Waals surface area contributed by atoms with Crippen LogP contribution in [0.15, 0.2) is 48.5 Å². The highest BCUT2D eigenvalue weighted by Gasteiger charge is 2.24. The van der Waals surface area contributed by atoms with Crippen LogP contribution in [0.2, 0.25) is 0 Å². The van der Waals surface area contributed by atoms with Crippen molar-refractivity contribution in [3.63, 3.8) is 0 Å². The lowest BCUT2D eigenvalue weighted by molar-refractivity contribution is -0.116. The van der Waals surface area contributed by atoms with Gasteiger partial charge in [-0.3, -0.25) is 4.79 Å². The van der Waals surface area contributed by atoms with E-state index >= 15 is 0 Å². The number of anilines is 1. The topological polar surface area (TPSA) is 67.2 Å². The van der Waals surface area contributed by atoms with Crippen LogP contribution in [-0.2, 0) is 16.8 Å². The van der Waals surface area contributed by atoms with Crippen LogP contribution in [0.1, 0.15) is 26.6 Å². The van der Waals surface area contributed by atoms with Crippen LogP contribution in [0.25, 0.3) is 11.0 Å². The first kappa shape index (κ1) is 16.1. The minimum Gasteiger partial charge on any atom is -0.506 e. The molecule has 0 radical (unpaired) electrons. The van der Waals surface area contributed by atoms with E-state index < -0.39 is 0 Å². The Kier molecular flexibility index (Phi) is 4.01. The molecule has 2 N–H and O–H groups in total. The molecule has 0 aliphatic carbocycles. The summed E-state index contributed by atoms with van der Waals surface area (Å²) in [5.41, 5.74) is 2.02. The Morgan fingerprint density at radius 2 is 1.79 bits per heavy atom. The molecule has 5 nitrogen and oxygen atoms in total. The van der Waals surface area contributed by atoms with Crippen molar-refractivity contribution in [2.24, 2.45) is 0 Å². The minimum absolute atomic E-state index is 0.0531. The van der Waals surface area contributed by atoms with Gasteiger partial charge in [0.2, 0.25) is 5.91 Å². The van der Waals surface area contributed by atoms with E-state index in [1.54, 1.807) is 24.3 Å². The van der Waals surface area contributed by atoms with Crippen LogP contribution in [0.4, 0.5) is 5.69 Å². The van der Waals surface area contributed by atoms with Crippen LogP contribution in [0.3, 0.4) is 0 Å². The Labute approximate surface area is 141 Å². The van der Waals surface area contributed by atoms with Crippen molar-refractivity contribution in [1.29, 1.82) is 0 Å². The van der Waals surface area contributed by atoms with Crippen molar-refractivity contribution in [3.8, 4) is 5.75 Å². The Hall–Kier alpha value is -2.82. The molecular weight excluding hydrogens is 302 g/mol. The van der Waals surface area contributed by atoms with Gasteiger partial charge >= 0.3 is 0 Å². The van der Waals surface area contributed by atoms with Crippen LogP contribution >= 0.6 is 0 Å². The molecule has 0 atom stereocenters. The van der Waals surface area contributed by atoms with Gasteiger partial charge in [-0.15, -0.1) is 0 Å². The number of carbonyl (C=O) groups is 1. The van der Waals surface area contributed by atoms with Gasteiger partial charge in [0, 0.05) is 5.41 Å². The van der Waals surface area contributed by atoms with E-state index in [-0.39, 0.29) is 23.6 Å². The van der Waals surface area contributed by atoms with E-state index in [9.17, 15) is 9.90 Å². The number of aromatic nitrogens is 2. The minimum atomic E-state index is -0.204. The molecule has 0 saturated heterocycles. The molecule has 2 aromatic carbocycles. The third-order valence-corrected chi connectivity index (χ3v) is 3.81. The number of fused-ring (bicyclic) bond motifs is 1. The SMILES string of the molecule is CC(C)(C)c1nc2ccccc2n1CC(=O)Nc1ccccc1O. The Bertz CT molecular complexity index is 891. The highest BCUT2D eigenvalue weighted by molar-refractivity contribution is 5.93. The van der Waals surface area contributed by atoms with E-state index in [1.807, 2.05) is 28.8 Å². The van der Waals surface area contributed by atoms with Gasteiger partial charge in [-0.25, -0.2) is 4.98 Å². The molecule has 0 spiro atoms. The maximum Gasteiger partial charge on any atom is 0.244 e. The summed E-state index contributed by atoms with van der Waals surface area (Å²) in [6.45, 7) is 6.37. The molecule has 0 bridgehead atoms. The number of imidazole rings is 1. The van der Waals surface area contributed by atoms with E-state index in [0.717, 1.165) is 16.9 Å². The second-order valence-corrected chi connectivity index (χ2v) is 6.83. The lowest BCUT2D eigenvalue weighted by atomic mass is 9.95. The van der Waals surface area contributed by atoms with Crippen LogP contribution in [0, 0.1) is 0 Å². The number of nitrogens with one attached hydrogen (secondary N) is 1. The molecule has 1 aromatic heterocycles.